The maximum Gasteiger partial charge on any atom is 0.0802 e. The number of rotatable bonds is 5. The van der Waals surface area contributed by atoms with Gasteiger partial charge in [-0.2, -0.15) is 16.9 Å². The molecule has 1 aromatic heterocycles. The molecule has 1 N–H and O–H groups in total. The molecule has 0 saturated carbocycles. The van der Waals surface area contributed by atoms with E-state index in [2.05, 4.69) is 44.2 Å². The van der Waals surface area contributed by atoms with E-state index < -0.39 is 0 Å². The Morgan fingerprint density at radius 2 is 2.19 bits per heavy atom. The van der Waals surface area contributed by atoms with Crippen LogP contribution in [0.25, 0.3) is 0 Å². The van der Waals surface area contributed by atoms with Crippen LogP contribution in [0.15, 0.2) is 12.3 Å². The summed E-state index contributed by atoms with van der Waals surface area (Å²) in [6, 6.07) is 2.45. The lowest BCUT2D eigenvalue weighted by molar-refractivity contribution is 0.575. The Morgan fingerprint density at radius 3 is 2.62 bits per heavy atom. The Bertz CT molecular complexity index is 314. The highest BCUT2D eigenvalue weighted by Crippen LogP contribution is 2.27. The first kappa shape index (κ1) is 13.6. The molecular formula is C12H23N3S. The van der Waals surface area contributed by atoms with E-state index in [1.807, 2.05) is 29.7 Å². The molecule has 3 nitrogen and oxygen atoms in total. The zero-order valence-electron chi connectivity index (χ0n) is 10.9. The van der Waals surface area contributed by atoms with Gasteiger partial charge in [-0.1, -0.05) is 27.7 Å². The summed E-state index contributed by atoms with van der Waals surface area (Å²) in [5, 5.41) is 7.96. The summed E-state index contributed by atoms with van der Waals surface area (Å²) < 4.78 is 2.17. The molecule has 0 radical (unpaired) electrons. The third kappa shape index (κ3) is 4.58. The maximum atomic E-state index is 4.47. The summed E-state index contributed by atoms with van der Waals surface area (Å²) in [7, 11) is 1.96. The zero-order chi connectivity index (χ0) is 12.2. The average molecular weight is 241 g/mol. The zero-order valence-corrected chi connectivity index (χ0v) is 11.8. The Balaban J connectivity index is 2.61. The molecule has 0 aliphatic heterocycles. The van der Waals surface area contributed by atoms with Gasteiger partial charge in [-0.25, -0.2) is 0 Å². The molecule has 0 aliphatic rings. The van der Waals surface area contributed by atoms with Crippen molar-refractivity contribution in [3.63, 3.8) is 0 Å². The summed E-state index contributed by atoms with van der Waals surface area (Å²) in [5.41, 5.74) is 1.14. The monoisotopic (exact) mass is 241 g/mol. The fraction of sp³-hybridized carbons (Fsp3) is 0.750. The van der Waals surface area contributed by atoms with E-state index in [1.54, 1.807) is 0 Å². The summed E-state index contributed by atoms with van der Waals surface area (Å²) >= 11 is 1.97. The predicted molar refractivity (Wildman–Crippen MR) is 71.8 cm³/mol. The van der Waals surface area contributed by atoms with Gasteiger partial charge >= 0.3 is 0 Å². The normalized spacial score (nSPS) is 14.1. The number of hydrogen-bond acceptors (Lipinski definition) is 3. The Labute approximate surface area is 103 Å². The van der Waals surface area contributed by atoms with Crippen molar-refractivity contribution in [3.05, 3.63) is 18.0 Å². The van der Waals surface area contributed by atoms with Crippen molar-refractivity contribution in [2.45, 2.75) is 38.5 Å². The van der Waals surface area contributed by atoms with E-state index >= 15 is 0 Å². The van der Waals surface area contributed by atoms with Crippen LogP contribution in [0.4, 0.5) is 0 Å². The minimum Gasteiger partial charge on any atom is -0.308 e. The Hall–Kier alpha value is -0.480. The molecule has 1 atom stereocenters. The molecule has 16 heavy (non-hydrogen) atoms. The molecule has 0 fully saturated rings. The molecule has 1 unspecified atom stereocenters. The van der Waals surface area contributed by atoms with Crippen LogP contribution in [0.2, 0.25) is 0 Å². The number of aryl methyl sites for hydroxylation is 1. The van der Waals surface area contributed by atoms with E-state index in [1.165, 1.54) is 0 Å². The number of hydrogen-bond donors (Lipinski definition) is 1. The highest BCUT2D eigenvalue weighted by atomic mass is 32.2. The first-order valence-electron chi connectivity index (χ1n) is 5.79. The van der Waals surface area contributed by atoms with Crippen molar-refractivity contribution >= 4 is 11.8 Å². The predicted octanol–water partition coefficient (Wildman–Crippen LogP) is 2.60. The molecule has 0 amide bonds. The van der Waals surface area contributed by atoms with E-state index in [0.717, 1.165) is 18.0 Å². The van der Waals surface area contributed by atoms with Gasteiger partial charge in [0.2, 0.25) is 0 Å². The number of aromatic nitrogens is 2. The van der Waals surface area contributed by atoms with E-state index in [4.69, 9.17) is 0 Å². The van der Waals surface area contributed by atoms with Crippen molar-refractivity contribution in [1.29, 1.82) is 0 Å². The maximum absolute atomic E-state index is 4.47. The molecule has 0 aromatic carbocycles. The van der Waals surface area contributed by atoms with Gasteiger partial charge in [-0.05, 0) is 12.6 Å². The number of nitrogens with one attached hydrogen (secondary N) is 1. The van der Waals surface area contributed by atoms with Crippen LogP contribution in [-0.4, -0.2) is 26.8 Å². The van der Waals surface area contributed by atoms with Crippen LogP contribution in [0, 0.1) is 0 Å². The second-order valence-corrected chi connectivity index (χ2v) is 6.79. The van der Waals surface area contributed by atoms with Gasteiger partial charge < -0.3 is 5.32 Å². The van der Waals surface area contributed by atoms with Gasteiger partial charge in [0.25, 0.3) is 0 Å². The molecule has 92 valence electrons. The largest absolute Gasteiger partial charge is 0.308 e. The van der Waals surface area contributed by atoms with E-state index in [9.17, 15) is 0 Å². The topological polar surface area (TPSA) is 29.9 Å². The van der Waals surface area contributed by atoms with E-state index in [0.29, 0.717) is 10.8 Å². The fourth-order valence-electron chi connectivity index (χ4n) is 1.45. The van der Waals surface area contributed by atoms with Crippen LogP contribution in [0.5, 0.6) is 0 Å². The highest BCUT2D eigenvalue weighted by molar-refractivity contribution is 8.00. The van der Waals surface area contributed by atoms with Crippen molar-refractivity contribution in [2.24, 2.45) is 7.05 Å². The van der Waals surface area contributed by atoms with Crippen LogP contribution < -0.4 is 5.32 Å². The van der Waals surface area contributed by atoms with Crippen molar-refractivity contribution in [1.82, 2.24) is 15.1 Å². The van der Waals surface area contributed by atoms with E-state index in [-0.39, 0.29) is 0 Å². The summed E-state index contributed by atoms with van der Waals surface area (Å²) in [6.45, 7) is 9.86. The van der Waals surface area contributed by atoms with Crippen molar-refractivity contribution in [3.8, 4) is 0 Å². The lowest BCUT2D eigenvalue weighted by Crippen LogP contribution is -2.25. The molecule has 1 heterocycles. The third-order valence-corrected chi connectivity index (χ3v) is 3.59. The fourth-order valence-corrected chi connectivity index (χ4v) is 2.40. The van der Waals surface area contributed by atoms with Gasteiger partial charge in [0.15, 0.2) is 0 Å². The van der Waals surface area contributed by atoms with Gasteiger partial charge in [-0.15, -0.1) is 0 Å². The third-order valence-electron chi connectivity index (χ3n) is 2.22. The van der Waals surface area contributed by atoms with Crippen molar-refractivity contribution in [2.75, 3.05) is 12.3 Å². The molecule has 4 heteroatoms. The van der Waals surface area contributed by atoms with Gasteiger partial charge in [0, 0.05) is 23.7 Å². The minimum atomic E-state index is 0.308. The SMILES string of the molecule is CCNC(CSC(C)(C)C)c1ccn(C)n1. The van der Waals surface area contributed by atoms with Crippen LogP contribution in [0.3, 0.4) is 0 Å². The smallest absolute Gasteiger partial charge is 0.0802 e. The molecule has 0 saturated heterocycles. The first-order chi connectivity index (χ1) is 7.42. The summed E-state index contributed by atoms with van der Waals surface area (Å²) in [4.78, 5) is 0. The number of nitrogens with zero attached hydrogens (tertiary/aromatic N) is 2. The van der Waals surface area contributed by atoms with Gasteiger partial charge in [0.05, 0.1) is 11.7 Å². The highest BCUT2D eigenvalue weighted by Gasteiger charge is 2.18. The first-order valence-corrected chi connectivity index (χ1v) is 6.78. The minimum absolute atomic E-state index is 0.308. The molecule has 0 aliphatic carbocycles. The quantitative estimate of drug-likeness (QED) is 0.859. The molecular weight excluding hydrogens is 218 g/mol. The van der Waals surface area contributed by atoms with Gasteiger partial charge in [-0.3, -0.25) is 4.68 Å². The van der Waals surface area contributed by atoms with Crippen LogP contribution in [-0.2, 0) is 7.05 Å². The summed E-state index contributed by atoms with van der Waals surface area (Å²) in [5.74, 6) is 1.06. The summed E-state index contributed by atoms with van der Waals surface area (Å²) in [6.07, 6.45) is 2.00. The average Bonchev–Trinajstić information content (AvgIpc) is 2.57. The van der Waals surface area contributed by atoms with Crippen LogP contribution in [0.1, 0.15) is 39.4 Å². The lowest BCUT2D eigenvalue weighted by atomic mass is 10.2. The Morgan fingerprint density at radius 1 is 1.50 bits per heavy atom. The van der Waals surface area contributed by atoms with Crippen LogP contribution >= 0.6 is 11.8 Å². The Kier molecular flexibility index (Phi) is 4.87. The molecule has 1 aromatic rings. The number of thioether (sulfide) groups is 1. The molecule has 1 rings (SSSR count). The molecule has 0 bridgehead atoms. The lowest BCUT2D eigenvalue weighted by Gasteiger charge is -2.22. The second kappa shape index (κ2) is 5.73. The van der Waals surface area contributed by atoms with Gasteiger partial charge in [0.1, 0.15) is 0 Å². The standard InChI is InChI=1S/C12H23N3S/c1-6-13-11(9-16-12(2,3)4)10-7-8-15(5)14-10/h7-8,11,13H,6,9H2,1-5H3. The second-order valence-electron chi connectivity index (χ2n) is 4.95. The molecule has 0 spiro atoms. The van der Waals surface area contributed by atoms with Crippen molar-refractivity contribution < 1.29 is 0 Å².